The van der Waals surface area contributed by atoms with E-state index in [1.54, 1.807) is 74.8 Å². The highest BCUT2D eigenvalue weighted by Gasteiger charge is 2.51. The monoisotopic (exact) mass is 1680 g/mol. The van der Waals surface area contributed by atoms with Crippen molar-refractivity contribution in [2.75, 3.05) is 60.4 Å². The van der Waals surface area contributed by atoms with Gasteiger partial charge in [-0.1, -0.05) is 133 Å². The van der Waals surface area contributed by atoms with Crippen LogP contribution in [0.4, 0.5) is 0 Å². The number of allylic oxidation sites excluding steroid dienone is 3. The molecule has 0 spiro atoms. The molecule has 0 radical (unpaired) electrons. The van der Waals surface area contributed by atoms with E-state index in [-0.39, 0.29) is 142 Å². The third-order valence-corrected chi connectivity index (χ3v) is 24.6. The number of amides is 12. The Morgan fingerprint density at radius 1 is 0.475 bits per heavy atom. The van der Waals surface area contributed by atoms with Crippen LogP contribution in [0.25, 0.3) is 0 Å². The van der Waals surface area contributed by atoms with E-state index in [1.807, 2.05) is 92.7 Å². The van der Waals surface area contributed by atoms with E-state index in [0.29, 0.717) is 17.1 Å². The van der Waals surface area contributed by atoms with Crippen LogP contribution < -0.4 is 64.2 Å². The zero-order valence-electron chi connectivity index (χ0n) is 72.9. The molecule has 36 heteroatoms. The molecule has 3 unspecified atom stereocenters. The van der Waals surface area contributed by atoms with Gasteiger partial charge in [-0.2, -0.15) is 0 Å². The summed E-state index contributed by atoms with van der Waals surface area (Å²) in [5.41, 5.74) is 7.10. The molecule has 660 valence electrons. The number of nitrogens with zero attached hydrogens (tertiary/aromatic N) is 12. The van der Waals surface area contributed by atoms with Crippen LogP contribution >= 0.6 is 0 Å². The number of nitrogens with two attached hydrogens (primary N) is 1. The molecule has 3 saturated heterocycles. The molecule has 6 aliphatic rings. The second kappa shape index (κ2) is 39.4. The molecule has 16 atom stereocenters. The smallest absolute Gasteiger partial charge is 0.251 e. The zero-order chi connectivity index (χ0) is 88.4. The summed E-state index contributed by atoms with van der Waals surface area (Å²) >= 11 is 0. The summed E-state index contributed by atoms with van der Waals surface area (Å²) in [5.74, 6) is -5.34. The highest BCUT2D eigenvalue weighted by molar-refractivity contribution is 6.05. The Morgan fingerprint density at radius 3 is 1.25 bits per heavy atom. The van der Waals surface area contributed by atoms with Crippen LogP contribution in [0.2, 0.25) is 0 Å². The van der Waals surface area contributed by atoms with Gasteiger partial charge in [-0.25, -0.2) is 14.0 Å². The van der Waals surface area contributed by atoms with Gasteiger partial charge in [0.05, 0.1) is 59.4 Å². The van der Waals surface area contributed by atoms with Gasteiger partial charge in [-0.3, -0.25) is 57.5 Å². The molecule has 3 aromatic heterocycles. The van der Waals surface area contributed by atoms with Crippen LogP contribution in [0, 0.1) is 28.1 Å². The van der Waals surface area contributed by atoms with E-state index in [9.17, 15) is 57.5 Å². The molecule has 3 aliphatic carbocycles. The first-order chi connectivity index (χ1) is 57.8. The number of carbonyl (C=O) groups excluding carboxylic acids is 12. The Hall–Kier alpha value is -11.1. The highest BCUT2D eigenvalue weighted by atomic mass is 16.2. The quantitative estimate of drug-likeness (QED) is 0.0293. The summed E-state index contributed by atoms with van der Waals surface area (Å²) in [5, 5.41) is 59.3. The molecule has 122 heavy (non-hydrogen) atoms. The number of primary amides is 1. The van der Waals surface area contributed by atoms with Crippen molar-refractivity contribution in [3.8, 4) is 0 Å². The Labute approximate surface area is 712 Å². The summed E-state index contributed by atoms with van der Waals surface area (Å²) in [7, 11) is 4.94. The molecule has 4 fully saturated rings. The fourth-order valence-corrected chi connectivity index (χ4v) is 17.0. The molecule has 3 aliphatic heterocycles. The second-order valence-corrected chi connectivity index (χ2v) is 36.6. The van der Waals surface area contributed by atoms with Crippen LogP contribution in [0.5, 0.6) is 0 Å². The normalized spacial score (nSPS) is 22.9. The Kier molecular flexibility index (Phi) is 29.6. The molecule has 2 aromatic carbocycles. The number of hydrogen-bond acceptors (Lipinski definition) is 21. The lowest BCUT2D eigenvalue weighted by molar-refractivity contribution is -0.144. The third kappa shape index (κ3) is 22.0. The molecule has 0 bridgehead atoms. The molecule has 5 aromatic rings. The molecule has 1 saturated carbocycles. The number of benzene rings is 2. The van der Waals surface area contributed by atoms with Crippen LogP contribution in [0.3, 0.4) is 0 Å². The zero-order valence-corrected chi connectivity index (χ0v) is 72.9. The predicted octanol–water partition coefficient (Wildman–Crippen LogP) is 1.93. The topological polar surface area (TPSA) is 465 Å². The number of hydrogen-bond donors (Lipinski definition) is 12. The lowest BCUT2D eigenvalue weighted by Crippen LogP contribution is -2.60. The van der Waals surface area contributed by atoms with E-state index in [2.05, 4.69) is 108 Å². The first-order valence-corrected chi connectivity index (χ1v) is 42.7. The number of fused-ring (bicyclic) bond motifs is 2. The van der Waals surface area contributed by atoms with Gasteiger partial charge >= 0.3 is 0 Å². The number of aryl methyl sites for hydroxylation is 1. The minimum absolute atomic E-state index is 0.00458. The summed E-state index contributed by atoms with van der Waals surface area (Å²) in [6.07, 6.45) is 19.6. The highest BCUT2D eigenvalue weighted by Crippen LogP contribution is 2.39. The van der Waals surface area contributed by atoms with Crippen LogP contribution in [0.1, 0.15) is 218 Å². The van der Waals surface area contributed by atoms with Crippen LogP contribution in [-0.4, -0.2) is 251 Å². The van der Waals surface area contributed by atoms with Gasteiger partial charge in [-0.15, -0.1) is 15.3 Å². The van der Waals surface area contributed by atoms with Gasteiger partial charge in [-0.05, 0) is 126 Å². The average Bonchev–Trinajstić information content (AvgIpc) is 1.63. The maximum Gasteiger partial charge on any atom is 0.251 e. The molecule has 36 nitrogen and oxygen atoms in total. The fraction of sp³-hybridized carbons (Fsp3) is 0.605. The average molecular weight is 1690 g/mol. The van der Waals surface area contributed by atoms with Gasteiger partial charge in [0, 0.05) is 125 Å². The van der Waals surface area contributed by atoms with Gasteiger partial charge in [0.25, 0.3) is 17.7 Å². The number of carbonyl (C=O) groups is 12. The SMILES string of the molecule is CN[C@@H](C)C(=O)N[C@H](C(=O)N1C[C@@H](n2cc(CCNC(=O)c3cc(C(=O)NCCc4cn([C@H]5C[C@@H](C(=O)NC6CCCC7C=CC=CC76)N(C(=O)[C@@H](NC(=O)[C@H](C)NC)C(C)(C)C)C5)nn4)cc(C(=O)NCCc4cn([C@H]5C[C@@H](C(=O)N[C@@H]6CCCc7ccccc76)N(C(=O)[C@@H](NC(=O)[C@H](C)NC)C(C)(C)C)C5)nn4)c3)nn2)C[C@H]1C(N)=O)C(C)(C)C. The van der Waals surface area contributed by atoms with Crippen molar-refractivity contribution < 1.29 is 57.5 Å². The maximum atomic E-state index is 15.0. The minimum atomic E-state index is -1.01. The Morgan fingerprint density at radius 2 is 0.852 bits per heavy atom. The van der Waals surface area contributed by atoms with Gasteiger partial charge in [0.1, 0.15) is 36.3 Å². The number of aromatic nitrogens is 9. The fourth-order valence-electron chi connectivity index (χ4n) is 17.0. The first kappa shape index (κ1) is 91.6. The standard InChI is InChI=1S/C86H124N24O12/c1-48(88-13)73(112)96-69(84(4,5)6)81(120)105-45-59(39-66(105)72(87)111)108-42-56(99-102-108)30-33-91-76(115)53-36-54(77(116)92-34-31-57-43-109(103-100-57)60-40-67(79(118)94-64-28-20-24-51-22-16-18-26-62(51)64)106(46-60)82(121)70(85(7,8)9)97-74(113)49(2)89-14)38-55(37-53)78(117)93-35-32-58-44-110(104-101-58)61-41-68(80(119)95-65-29-21-25-52-23-17-19-27-63(52)65)107(47-61)83(122)71(86(10,11)12)98-75(114)50(3)90-15/h16-19,22-23,26-27,36-38,42-44,48-51,59-62,64-71,88-90H,20-21,24-25,28-35,39-41,45-47H2,1-15H3,(H2,87,111)(H,91,115)(H,92,116)(H,93,117)(H,94,118)(H,95,119)(H,96,112)(H,97,113)(H,98,114)/t48-,49-,50-,51?,59-,60-,61-,62?,64?,65+,66-,67-,68-,69+,70+,71+/m0/s1. The molecular weight excluding hydrogens is 1560 g/mol. The molecular formula is C86H124N24O12. The van der Waals surface area contributed by atoms with E-state index < -0.39 is 136 Å². The molecule has 13 N–H and O–H groups in total. The van der Waals surface area contributed by atoms with Crippen molar-refractivity contribution in [3.63, 3.8) is 0 Å². The van der Waals surface area contributed by atoms with Crippen molar-refractivity contribution >= 4 is 70.9 Å². The number of nitrogens with one attached hydrogen (secondary N) is 11. The van der Waals surface area contributed by atoms with Crippen molar-refractivity contribution in [3.05, 3.63) is 130 Å². The minimum Gasteiger partial charge on any atom is -0.368 e. The summed E-state index contributed by atoms with van der Waals surface area (Å²) in [6.45, 7) is 21.9. The third-order valence-electron chi connectivity index (χ3n) is 24.6. The lowest BCUT2D eigenvalue weighted by atomic mass is 9.74. The summed E-state index contributed by atoms with van der Waals surface area (Å²) in [4.78, 5) is 174. The summed E-state index contributed by atoms with van der Waals surface area (Å²) in [6, 6.07) is 2.46. The van der Waals surface area contributed by atoms with Gasteiger partial charge in [0.2, 0.25) is 53.2 Å². The maximum absolute atomic E-state index is 15.0. The Bertz CT molecular complexity index is 4720. The van der Waals surface area contributed by atoms with E-state index in [0.717, 1.165) is 49.7 Å². The Balaban J connectivity index is 0.786. The predicted molar refractivity (Wildman–Crippen MR) is 452 cm³/mol. The molecule has 6 heterocycles. The summed E-state index contributed by atoms with van der Waals surface area (Å²) < 4.78 is 4.77. The lowest BCUT2D eigenvalue weighted by Gasteiger charge is -2.39. The van der Waals surface area contributed by atoms with Crippen LogP contribution in [-0.2, 0) is 68.8 Å². The van der Waals surface area contributed by atoms with Crippen molar-refractivity contribution in [2.24, 2.45) is 33.8 Å². The van der Waals surface area contributed by atoms with Gasteiger partial charge in [0.15, 0.2) is 0 Å². The van der Waals surface area contributed by atoms with Gasteiger partial charge < -0.3 is 78.9 Å². The van der Waals surface area contributed by atoms with E-state index in [1.165, 1.54) is 32.7 Å². The first-order valence-electron chi connectivity index (χ1n) is 42.7. The van der Waals surface area contributed by atoms with Crippen molar-refractivity contribution in [2.45, 2.75) is 245 Å². The van der Waals surface area contributed by atoms with Crippen LogP contribution in [0.15, 0.2) is 85.4 Å². The van der Waals surface area contributed by atoms with Crippen molar-refractivity contribution in [1.29, 1.82) is 0 Å². The molecule has 12 amide bonds. The molecule has 11 rings (SSSR count). The van der Waals surface area contributed by atoms with Crippen molar-refractivity contribution in [1.82, 2.24) is 118 Å². The van der Waals surface area contributed by atoms with E-state index >= 15 is 0 Å². The largest absolute Gasteiger partial charge is 0.368 e. The number of likely N-dealkylation sites (tertiary alicyclic amines) is 3. The van der Waals surface area contributed by atoms with E-state index in [4.69, 9.17) is 5.73 Å². The number of likely N-dealkylation sites (N-methyl/N-ethyl adjacent to an activating group) is 3. The number of rotatable bonds is 32. The second-order valence-electron chi connectivity index (χ2n) is 36.6.